The molecule has 0 unspecified atom stereocenters. The lowest BCUT2D eigenvalue weighted by atomic mass is 9.64. The summed E-state index contributed by atoms with van der Waals surface area (Å²) in [6.45, 7) is 0.753. The number of nitrogens with zero attached hydrogens (tertiary/aromatic N) is 1. The lowest BCUT2D eigenvalue weighted by Crippen LogP contribution is -2.38. The van der Waals surface area contributed by atoms with Gasteiger partial charge in [-0.15, -0.1) is 0 Å². The van der Waals surface area contributed by atoms with Crippen LogP contribution in [0.2, 0.25) is 0 Å². The molecule has 0 bridgehead atoms. The van der Waals surface area contributed by atoms with Gasteiger partial charge in [0, 0.05) is 11.1 Å². The quantitative estimate of drug-likeness (QED) is 0.664. The zero-order valence-electron chi connectivity index (χ0n) is 12.1. The molecule has 21 heavy (non-hydrogen) atoms. The van der Waals surface area contributed by atoms with Gasteiger partial charge in [0.2, 0.25) is 0 Å². The van der Waals surface area contributed by atoms with Crippen molar-refractivity contribution in [2.75, 3.05) is 11.9 Å². The van der Waals surface area contributed by atoms with E-state index >= 15 is 0 Å². The van der Waals surface area contributed by atoms with Crippen LogP contribution < -0.4 is 11.1 Å². The maximum atomic E-state index is 6.01. The summed E-state index contributed by atoms with van der Waals surface area (Å²) in [5.74, 6) is 0.489. The van der Waals surface area contributed by atoms with E-state index in [1.165, 1.54) is 24.8 Å². The molecule has 108 valence electrons. The molecule has 1 aliphatic rings. The molecule has 0 atom stereocenters. The third-order valence-electron chi connectivity index (χ3n) is 4.30. The van der Waals surface area contributed by atoms with E-state index in [1.54, 1.807) is 0 Å². The summed E-state index contributed by atoms with van der Waals surface area (Å²) in [6.07, 6.45) is 3.66. The topological polar surface area (TPSA) is 50.4 Å². The molecule has 3 rings (SSSR count). The maximum Gasteiger partial charge on any atom is 0.193 e. The number of aliphatic imine (C=N–C) groups is 1. The summed E-state index contributed by atoms with van der Waals surface area (Å²) < 4.78 is 0. The lowest BCUT2D eigenvalue weighted by molar-refractivity contribution is 0.254. The number of benzene rings is 2. The zero-order chi connectivity index (χ0) is 14.5. The minimum atomic E-state index is 0.185. The highest BCUT2D eigenvalue weighted by atomic mass is 15.1. The van der Waals surface area contributed by atoms with Crippen molar-refractivity contribution in [2.24, 2.45) is 10.7 Å². The van der Waals surface area contributed by atoms with Crippen molar-refractivity contribution < 1.29 is 0 Å². The number of hydrogen-bond donors (Lipinski definition) is 2. The van der Waals surface area contributed by atoms with E-state index in [0.717, 1.165) is 12.2 Å². The molecule has 0 spiro atoms. The Kier molecular flexibility index (Phi) is 3.91. The molecule has 0 radical (unpaired) electrons. The zero-order valence-corrected chi connectivity index (χ0v) is 12.1. The average molecular weight is 279 g/mol. The first-order valence-corrected chi connectivity index (χ1v) is 7.46. The lowest BCUT2D eigenvalue weighted by Gasteiger charge is -2.41. The molecular formula is C18H21N3. The number of para-hydroxylation sites is 1. The van der Waals surface area contributed by atoms with Crippen molar-refractivity contribution in [3.63, 3.8) is 0 Å². The van der Waals surface area contributed by atoms with Gasteiger partial charge in [0.1, 0.15) is 0 Å². The Bertz CT molecular complexity index is 601. The van der Waals surface area contributed by atoms with E-state index in [0.29, 0.717) is 5.96 Å². The Morgan fingerprint density at radius 3 is 2.19 bits per heavy atom. The Balaban J connectivity index is 1.69. The van der Waals surface area contributed by atoms with Gasteiger partial charge in [0.25, 0.3) is 0 Å². The van der Waals surface area contributed by atoms with Crippen LogP contribution in [0.3, 0.4) is 0 Å². The van der Waals surface area contributed by atoms with Crippen LogP contribution in [0.15, 0.2) is 65.7 Å². The fourth-order valence-corrected chi connectivity index (χ4v) is 2.88. The second-order valence-electron chi connectivity index (χ2n) is 5.69. The van der Waals surface area contributed by atoms with Crippen molar-refractivity contribution in [1.82, 2.24) is 0 Å². The van der Waals surface area contributed by atoms with Crippen molar-refractivity contribution in [3.8, 4) is 0 Å². The molecular weight excluding hydrogens is 258 g/mol. The van der Waals surface area contributed by atoms with Crippen LogP contribution in [-0.2, 0) is 5.41 Å². The minimum Gasteiger partial charge on any atom is -0.370 e. The second-order valence-corrected chi connectivity index (χ2v) is 5.69. The van der Waals surface area contributed by atoms with E-state index in [-0.39, 0.29) is 5.41 Å². The average Bonchev–Trinajstić information content (AvgIpc) is 2.48. The van der Waals surface area contributed by atoms with E-state index in [2.05, 4.69) is 40.6 Å². The molecule has 3 heteroatoms. The van der Waals surface area contributed by atoms with Crippen LogP contribution in [0, 0.1) is 0 Å². The van der Waals surface area contributed by atoms with Crippen LogP contribution in [-0.4, -0.2) is 12.5 Å². The predicted molar refractivity (Wildman–Crippen MR) is 88.5 cm³/mol. The normalized spacial score (nSPS) is 17.0. The highest BCUT2D eigenvalue weighted by Gasteiger charge is 2.38. The van der Waals surface area contributed by atoms with E-state index in [9.17, 15) is 0 Å². The SMILES string of the molecule is NC(=NCC1(c2ccccc2)CCC1)Nc1ccccc1. The van der Waals surface area contributed by atoms with Gasteiger partial charge < -0.3 is 11.1 Å². The Morgan fingerprint density at radius 2 is 1.62 bits per heavy atom. The summed E-state index contributed by atoms with van der Waals surface area (Å²) in [7, 11) is 0. The number of nitrogens with one attached hydrogen (secondary N) is 1. The molecule has 1 fully saturated rings. The van der Waals surface area contributed by atoms with E-state index in [1.807, 2.05) is 30.3 Å². The molecule has 0 heterocycles. The summed E-state index contributed by atoms with van der Waals surface area (Å²) in [6, 6.07) is 20.6. The Morgan fingerprint density at radius 1 is 1.00 bits per heavy atom. The van der Waals surface area contributed by atoms with Crippen LogP contribution in [0.5, 0.6) is 0 Å². The second kappa shape index (κ2) is 6.00. The first kappa shape index (κ1) is 13.7. The van der Waals surface area contributed by atoms with Gasteiger partial charge in [-0.3, -0.25) is 4.99 Å². The molecule has 1 saturated carbocycles. The summed E-state index contributed by atoms with van der Waals surface area (Å²) in [4.78, 5) is 4.57. The summed E-state index contributed by atoms with van der Waals surface area (Å²) in [5.41, 5.74) is 8.55. The van der Waals surface area contributed by atoms with Gasteiger partial charge in [-0.1, -0.05) is 55.0 Å². The summed E-state index contributed by atoms with van der Waals surface area (Å²) in [5, 5.41) is 3.14. The molecule has 3 N–H and O–H groups in total. The molecule has 2 aromatic carbocycles. The molecule has 0 aromatic heterocycles. The molecule has 0 aliphatic heterocycles. The van der Waals surface area contributed by atoms with Crippen molar-refractivity contribution in [1.29, 1.82) is 0 Å². The van der Waals surface area contributed by atoms with Crippen molar-refractivity contribution >= 4 is 11.6 Å². The van der Waals surface area contributed by atoms with Gasteiger partial charge in [-0.05, 0) is 30.5 Å². The van der Waals surface area contributed by atoms with Crippen molar-refractivity contribution in [3.05, 3.63) is 66.2 Å². The molecule has 0 saturated heterocycles. The van der Waals surface area contributed by atoms with Crippen molar-refractivity contribution in [2.45, 2.75) is 24.7 Å². The third-order valence-corrected chi connectivity index (χ3v) is 4.30. The van der Waals surface area contributed by atoms with Gasteiger partial charge in [0.15, 0.2) is 5.96 Å². The first-order valence-electron chi connectivity index (χ1n) is 7.46. The predicted octanol–water partition coefficient (Wildman–Crippen LogP) is 3.54. The number of hydrogen-bond acceptors (Lipinski definition) is 1. The van der Waals surface area contributed by atoms with E-state index in [4.69, 9.17) is 5.73 Å². The number of guanidine groups is 1. The van der Waals surface area contributed by atoms with Gasteiger partial charge in [0.05, 0.1) is 6.54 Å². The standard InChI is InChI=1S/C18H21N3/c19-17(21-16-10-5-2-6-11-16)20-14-18(12-7-13-18)15-8-3-1-4-9-15/h1-6,8-11H,7,12-14H2,(H3,19,20,21). The Labute approximate surface area is 125 Å². The van der Waals surface area contributed by atoms with Crippen LogP contribution in [0.4, 0.5) is 5.69 Å². The number of rotatable bonds is 4. The van der Waals surface area contributed by atoms with E-state index < -0.39 is 0 Å². The summed E-state index contributed by atoms with van der Waals surface area (Å²) >= 11 is 0. The van der Waals surface area contributed by atoms with Crippen LogP contribution >= 0.6 is 0 Å². The fraction of sp³-hybridized carbons (Fsp3) is 0.278. The van der Waals surface area contributed by atoms with Gasteiger partial charge in [-0.25, -0.2) is 0 Å². The molecule has 2 aromatic rings. The smallest absolute Gasteiger partial charge is 0.193 e. The number of nitrogens with two attached hydrogens (primary N) is 1. The van der Waals surface area contributed by atoms with Crippen LogP contribution in [0.25, 0.3) is 0 Å². The highest BCUT2D eigenvalue weighted by Crippen LogP contribution is 2.43. The highest BCUT2D eigenvalue weighted by molar-refractivity contribution is 5.92. The molecule has 0 amide bonds. The molecule has 3 nitrogen and oxygen atoms in total. The third kappa shape index (κ3) is 3.07. The monoisotopic (exact) mass is 279 g/mol. The minimum absolute atomic E-state index is 0.185. The largest absolute Gasteiger partial charge is 0.370 e. The first-order chi connectivity index (χ1) is 10.3. The van der Waals surface area contributed by atoms with Gasteiger partial charge in [-0.2, -0.15) is 0 Å². The van der Waals surface area contributed by atoms with Gasteiger partial charge >= 0.3 is 0 Å². The number of anilines is 1. The molecule has 1 aliphatic carbocycles. The fourth-order valence-electron chi connectivity index (χ4n) is 2.88. The van der Waals surface area contributed by atoms with Crippen LogP contribution in [0.1, 0.15) is 24.8 Å². The Hall–Kier alpha value is -2.29. The maximum absolute atomic E-state index is 6.01.